The molecule has 24 nitrogen and oxygen atoms in total. The Morgan fingerprint density at radius 1 is 0.831 bits per heavy atom. The molecule has 24 heteroatoms. The monoisotopic (exact) mass is 827 g/mol. The molecule has 4 rings (SSSR count). The van der Waals surface area contributed by atoms with Gasteiger partial charge in [-0.05, 0) is 26.2 Å². The number of amidine groups is 1. The van der Waals surface area contributed by atoms with Crippen LogP contribution in [0.2, 0.25) is 0 Å². The second kappa shape index (κ2) is 20.8. The molecule has 0 fully saturated rings. The summed E-state index contributed by atoms with van der Waals surface area (Å²) < 4.78 is 0. The number of aliphatic hydroxyl groups is 3. The number of aromatic nitrogens is 6. The number of hydrogen-bond acceptors (Lipinski definition) is 15. The zero-order valence-electron chi connectivity index (χ0n) is 32.6. The predicted octanol–water partition coefficient (Wildman–Crippen LogP) is -4.33. The van der Waals surface area contributed by atoms with Gasteiger partial charge >= 0.3 is 5.97 Å². The van der Waals surface area contributed by atoms with Gasteiger partial charge in [0.25, 0.3) is 5.56 Å². The van der Waals surface area contributed by atoms with E-state index in [-0.39, 0.29) is 36.3 Å². The Hall–Kier alpha value is -6.53. The van der Waals surface area contributed by atoms with Crippen LogP contribution in [-0.4, -0.2) is 147 Å². The molecule has 0 radical (unpaired) electrons. The fourth-order valence-electron chi connectivity index (χ4n) is 5.92. The molecule has 0 saturated heterocycles. The van der Waals surface area contributed by atoms with Gasteiger partial charge in [0.15, 0.2) is 5.69 Å². The number of carboxylic acids is 1. The molecular formula is C35H49N13O11. The topological polar surface area (TPSA) is 371 Å². The normalized spacial score (nSPS) is 18.2. The fraction of sp³-hybridized carbons (Fsp3) is 0.514. The molecule has 8 atom stereocenters. The lowest BCUT2D eigenvalue weighted by atomic mass is 9.99. The lowest BCUT2D eigenvalue weighted by Crippen LogP contribution is -2.62. The number of aliphatic imine (C=N–C) groups is 1. The summed E-state index contributed by atoms with van der Waals surface area (Å²) in [5.41, 5.74) is -0.510. The van der Waals surface area contributed by atoms with Crippen molar-refractivity contribution in [1.82, 2.24) is 61.8 Å². The van der Waals surface area contributed by atoms with Gasteiger partial charge in [0, 0.05) is 42.7 Å². The minimum Gasteiger partial charge on any atom is -0.477 e. The average Bonchev–Trinajstić information content (AvgIpc) is 3.90. The molecule has 0 aliphatic carbocycles. The van der Waals surface area contributed by atoms with Crippen molar-refractivity contribution in [2.24, 2.45) is 10.9 Å². The van der Waals surface area contributed by atoms with Crippen LogP contribution >= 0.6 is 0 Å². The van der Waals surface area contributed by atoms with Crippen molar-refractivity contribution in [2.75, 3.05) is 13.2 Å². The number of rotatable bonds is 20. The SMILES string of the molecule is CC(C)CC1NC(=O)C(Cc2cnc[nH]2)N=C1N[C@@H](CO)C(=O)N[C@@H](C)C(=O)N[C@H](C(=O)N[C@@H](Cc1cnc[nH]1)C(=O)N[C@@H](CO)c1nc(C(=O)O)cc(=O)[nH]1)[C@@H](C)O. The lowest BCUT2D eigenvalue weighted by molar-refractivity contribution is -0.136. The van der Waals surface area contributed by atoms with Gasteiger partial charge in [0.05, 0.1) is 38.0 Å². The summed E-state index contributed by atoms with van der Waals surface area (Å²) in [6.07, 6.45) is 4.56. The van der Waals surface area contributed by atoms with Crippen LogP contribution in [0, 0.1) is 5.92 Å². The van der Waals surface area contributed by atoms with Gasteiger partial charge in [-0.3, -0.25) is 33.8 Å². The minimum absolute atomic E-state index is 0.112. The van der Waals surface area contributed by atoms with Crippen molar-refractivity contribution in [3.05, 3.63) is 64.4 Å². The first-order valence-corrected chi connectivity index (χ1v) is 18.5. The number of aromatic amines is 3. The Labute approximate surface area is 335 Å². The minimum atomic E-state index is -1.69. The van der Waals surface area contributed by atoms with Gasteiger partial charge in [0.2, 0.25) is 29.5 Å². The molecule has 1 aliphatic heterocycles. The van der Waals surface area contributed by atoms with E-state index in [9.17, 15) is 54.0 Å². The van der Waals surface area contributed by atoms with E-state index in [2.05, 4.69) is 66.8 Å². The van der Waals surface area contributed by atoms with Crippen LogP contribution in [0.25, 0.3) is 0 Å². The molecule has 0 spiro atoms. The fourth-order valence-corrected chi connectivity index (χ4v) is 5.92. The lowest BCUT2D eigenvalue weighted by Gasteiger charge is -2.32. The Bertz CT molecular complexity index is 2020. The number of amides is 5. The van der Waals surface area contributed by atoms with E-state index in [4.69, 9.17) is 0 Å². The third-order valence-electron chi connectivity index (χ3n) is 8.98. The summed E-state index contributed by atoms with van der Waals surface area (Å²) in [6, 6.07) is -8.02. The number of nitrogens with one attached hydrogen (secondary N) is 9. The van der Waals surface area contributed by atoms with Gasteiger partial charge in [-0.25, -0.2) is 19.7 Å². The number of carbonyl (C=O) groups excluding carboxylic acids is 5. The molecule has 3 aromatic rings. The van der Waals surface area contributed by atoms with Crippen LogP contribution in [0.5, 0.6) is 0 Å². The molecule has 5 amide bonds. The van der Waals surface area contributed by atoms with Gasteiger partial charge in [-0.15, -0.1) is 0 Å². The third kappa shape index (κ3) is 12.7. The number of aromatic carboxylic acids is 1. The number of H-pyrrole nitrogens is 3. The van der Waals surface area contributed by atoms with Crippen molar-refractivity contribution in [3.8, 4) is 0 Å². The highest BCUT2D eigenvalue weighted by Crippen LogP contribution is 2.15. The summed E-state index contributed by atoms with van der Waals surface area (Å²) >= 11 is 0. The van der Waals surface area contributed by atoms with Crippen LogP contribution in [0.15, 0.2) is 40.9 Å². The van der Waals surface area contributed by atoms with E-state index in [0.717, 1.165) is 0 Å². The molecule has 3 aromatic heterocycles. The highest BCUT2D eigenvalue weighted by Gasteiger charge is 2.36. The number of imidazole rings is 2. The van der Waals surface area contributed by atoms with Crippen LogP contribution < -0.4 is 37.5 Å². The van der Waals surface area contributed by atoms with Crippen LogP contribution in [0.1, 0.15) is 67.9 Å². The van der Waals surface area contributed by atoms with E-state index >= 15 is 0 Å². The summed E-state index contributed by atoms with van der Waals surface area (Å²) in [6.45, 7) is 4.78. The Morgan fingerprint density at radius 3 is 2.07 bits per heavy atom. The number of carboxylic acid groups (broad SMARTS) is 1. The van der Waals surface area contributed by atoms with Crippen molar-refractivity contribution in [1.29, 1.82) is 0 Å². The average molecular weight is 828 g/mol. The smallest absolute Gasteiger partial charge is 0.354 e. The van der Waals surface area contributed by atoms with Gasteiger partial charge in [-0.1, -0.05) is 13.8 Å². The predicted molar refractivity (Wildman–Crippen MR) is 204 cm³/mol. The van der Waals surface area contributed by atoms with Gasteiger partial charge in [0.1, 0.15) is 47.9 Å². The summed E-state index contributed by atoms with van der Waals surface area (Å²) in [4.78, 5) is 114. The van der Waals surface area contributed by atoms with E-state index in [0.29, 0.717) is 23.9 Å². The van der Waals surface area contributed by atoms with E-state index in [1.54, 1.807) is 6.20 Å². The second-order valence-corrected chi connectivity index (χ2v) is 14.2. The molecule has 1 aliphatic rings. The summed E-state index contributed by atoms with van der Waals surface area (Å²) in [5.74, 6) is -5.64. The van der Waals surface area contributed by atoms with E-state index in [1.165, 1.54) is 32.7 Å². The first-order valence-electron chi connectivity index (χ1n) is 18.5. The van der Waals surface area contributed by atoms with Crippen molar-refractivity contribution in [2.45, 2.75) is 95.4 Å². The van der Waals surface area contributed by atoms with Crippen molar-refractivity contribution in [3.63, 3.8) is 0 Å². The summed E-state index contributed by atoms with van der Waals surface area (Å²) in [5, 5.41) is 55.5. The Kier molecular flexibility index (Phi) is 15.9. The molecule has 0 bridgehead atoms. The first kappa shape index (κ1) is 45.2. The first-order chi connectivity index (χ1) is 28.0. The molecule has 4 heterocycles. The van der Waals surface area contributed by atoms with Gasteiger partial charge in [-0.2, -0.15) is 0 Å². The maximum absolute atomic E-state index is 13.6. The van der Waals surface area contributed by atoms with Crippen molar-refractivity contribution < 1.29 is 49.2 Å². The third-order valence-corrected chi connectivity index (χ3v) is 8.98. The van der Waals surface area contributed by atoms with Gasteiger partial charge < -0.3 is 67.3 Å². The molecule has 59 heavy (non-hydrogen) atoms. The van der Waals surface area contributed by atoms with E-state index in [1.807, 2.05) is 13.8 Å². The van der Waals surface area contributed by atoms with Crippen LogP contribution in [0.3, 0.4) is 0 Å². The maximum Gasteiger partial charge on any atom is 0.354 e. The molecule has 0 aromatic carbocycles. The largest absolute Gasteiger partial charge is 0.477 e. The molecule has 2 unspecified atom stereocenters. The zero-order chi connectivity index (χ0) is 43.4. The molecule has 320 valence electrons. The Morgan fingerprint density at radius 2 is 1.49 bits per heavy atom. The van der Waals surface area contributed by atoms with Crippen LogP contribution in [-0.2, 0) is 36.8 Å². The van der Waals surface area contributed by atoms with Crippen molar-refractivity contribution >= 4 is 41.3 Å². The standard InChI is InChI=1S/C35H49N13O11/c1-15(2)5-20-28(41-21(31(54)44-20)6-18-9-36-13-38-18)43-25(12-50)33(56)40-16(3)30(53)48-27(17(4)51)34(57)45-22(7-19-10-37-14-39-19)32(55)46-24(11-49)29-42-23(35(58)59)8-26(52)47-29/h8-10,13-17,20-22,24-25,27,49-51H,5-7,11-12H2,1-4H3,(H,36,38)(H,37,39)(H,40,56)(H,41,43)(H,44,54)(H,45,57)(H,46,55)(H,48,53)(H,58,59)(H,42,47,52)/t16-,17+,20?,21?,22-,24-,25-,27-/m0/s1. The highest BCUT2D eigenvalue weighted by atomic mass is 16.4. The molecule has 0 saturated carbocycles. The number of hydrogen-bond donors (Lipinski definition) is 13. The molecule has 13 N–H and O–H groups in total. The van der Waals surface area contributed by atoms with Crippen LogP contribution in [0.4, 0.5) is 0 Å². The number of carbonyl (C=O) groups is 6. The highest BCUT2D eigenvalue weighted by molar-refractivity contribution is 6.01. The quantitative estimate of drug-likeness (QED) is 0.0512. The number of aliphatic hydroxyl groups excluding tert-OH is 3. The van der Waals surface area contributed by atoms with E-state index < -0.39 is 102 Å². The second-order valence-electron chi connectivity index (χ2n) is 14.2. The zero-order valence-corrected chi connectivity index (χ0v) is 32.6. The number of nitrogens with zero attached hydrogens (tertiary/aromatic N) is 4. The maximum atomic E-state index is 13.6. The molecular weight excluding hydrogens is 778 g/mol. The summed E-state index contributed by atoms with van der Waals surface area (Å²) in [7, 11) is 0. The Balaban J connectivity index is 1.44.